The maximum atomic E-state index is 2.65. The molecule has 0 radical (unpaired) electrons. The fourth-order valence-corrected chi connectivity index (χ4v) is 3.72. The van der Waals surface area contributed by atoms with E-state index in [1.165, 1.54) is 51.6 Å². The van der Waals surface area contributed by atoms with Crippen LogP contribution in [0, 0.1) is 11.8 Å². The zero-order valence-corrected chi connectivity index (χ0v) is 13.1. The van der Waals surface area contributed by atoms with Crippen molar-refractivity contribution in [2.24, 2.45) is 11.8 Å². The molecule has 1 fully saturated rings. The van der Waals surface area contributed by atoms with Gasteiger partial charge in [0.2, 0.25) is 0 Å². The molecule has 1 nitrogen and oxygen atoms in total. The van der Waals surface area contributed by atoms with Crippen LogP contribution in [-0.2, 0) is 0 Å². The zero-order chi connectivity index (χ0) is 12.7. The number of rotatable bonds is 3. The van der Waals surface area contributed by atoms with Gasteiger partial charge < -0.3 is 0 Å². The van der Waals surface area contributed by atoms with Crippen molar-refractivity contribution in [1.29, 1.82) is 0 Å². The first-order valence-corrected chi connectivity index (χ1v) is 8.35. The minimum atomic E-state index is 0.728. The maximum Gasteiger partial charge on any atom is 0.0138 e. The Morgan fingerprint density at radius 2 is 1.59 bits per heavy atom. The van der Waals surface area contributed by atoms with E-state index >= 15 is 0 Å². The first-order chi connectivity index (χ1) is 8.09. The predicted molar refractivity (Wildman–Crippen MR) is 80.3 cm³/mol. The Morgan fingerprint density at radius 1 is 0.941 bits per heavy atom. The van der Waals surface area contributed by atoms with Crippen LogP contribution >= 0.6 is 11.9 Å². The van der Waals surface area contributed by atoms with Crippen LogP contribution in [0.1, 0.15) is 66.2 Å². The summed E-state index contributed by atoms with van der Waals surface area (Å²) in [5.41, 5.74) is 0. The summed E-state index contributed by atoms with van der Waals surface area (Å²) in [6, 6.07) is 0. The Morgan fingerprint density at radius 3 is 2.24 bits per heavy atom. The maximum absolute atomic E-state index is 2.65. The smallest absolute Gasteiger partial charge is 0.0138 e. The minimum absolute atomic E-state index is 0.728. The van der Waals surface area contributed by atoms with E-state index in [0.717, 1.165) is 17.1 Å². The molecule has 0 N–H and O–H groups in total. The first kappa shape index (κ1) is 15.4. The topological polar surface area (TPSA) is 3.24 Å². The van der Waals surface area contributed by atoms with E-state index in [9.17, 15) is 0 Å². The predicted octanol–water partition coefficient (Wildman–Crippen LogP) is 4.97. The third-order valence-corrected chi connectivity index (χ3v) is 4.77. The average molecular weight is 257 g/mol. The van der Waals surface area contributed by atoms with Gasteiger partial charge in [0.05, 0.1) is 0 Å². The zero-order valence-electron chi connectivity index (χ0n) is 12.2. The van der Waals surface area contributed by atoms with Crippen LogP contribution < -0.4 is 0 Å². The van der Waals surface area contributed by atoms with E-state index < -0.39 is 0 Å². The summed E-state index contributed by atoms with van der Waals surface area (Å²) in [5, 5.41) is 0.728. The molecule has 17 heavy (non-hydrogen) atoms. The van der Waals surface area contributed by atoms with Gasteiger partial charge in [-0.25, -0.2) is 0 Å². The lowest BCUT2D eigenvalue weighted by atomic mass is 9.89. The Labute approximate surface area is 113 Å². The number of hydrogen-bond acceptors (Lipinski definition) is 2. The third-order valence-electron chi connectivity index (χ3n) is 3.72. The Hall–Kier alpha value is 0.310. The van der Waals surface area contributed by atoms with Crippen LogP contribution in [0.2, 0.25) is 0 Å². The Kier molecular flexibility index (Phi) is 7.61. The van der Waals surface area contributed by atoms with Gasteiger partial charge in [-0.2, -0.15) is 0 Å². The molecular weight excluding hydrogens is 226 g/mol. The fourth-order valence-electron chi connectivity index (χ4n) is 2.61. The normalized spacial score (nSPS) is 25.4. The Bertz CT molecular complexity index is 191. The molecule has 0 bridgehead atoms. The first-order valence-electron chi connectivity index (χ1n) is 7.51. The summed E-state index contributed by atoms with van der Waals surface area (Å²) in [7, 11) is 0. The number of hydrogen-bond donors (Lipinski definition) is 0. The molecule has 1 saturated heterocycles. The van der Waals surface area contributed by atoms with Gasteiger partial charge in [0.1, 0.15) is 0 Å². The Balaban J connectivity index is 2.51. The van der Waals surface area contributed by atoms with E-state index in [1.807, 2.05) is 0 Å². The quantitative estimate of drug-likeness (QED) is 0.657. The highest BCUT2D eigenvalue weighted by Crippen LogP contribution is 2.27. The van der Waals surface area contributed by atoms with Crippen LogP contribution in [-0.4, -0.2) is 22.6 Å². The van der Waals surface area contributed by atoms with Gasteiger partial charge in [-0.15, -0.1) is 0 Å². The highest BCUT2D eigenvalue weighted by molar-refractivity contribution is 7.97. The molecule has 1 aliphatic rings. The summed E-state index contributed by atoms with van der Waals surface area (Å²) >= 11 is 2.07. The fraction of sp³-hybridized carbons (Fsp3) is 1.00. The van der Waals surface area contributed by atoms with Crippen LogP contribution in [0.25, 0.3) is 0 Å². The van der Waals surface area contributed by atoms with Crippen molar-refractivity contribution in [3.63, 3.8) is 0 Å². The third kappa shape index (κ3) is 6.71. The van der Waals surface area contributed by atoms with E-state index in [1.54, 1.807) is 0 Å². The molecule has 102 valence electrons. The summed E-state index contributed by atoms with van der Waals surface area (Å²) < 4.78 is 2.65. The van der Waals surface area contributed by atoms with Gasteiger partial charge >= 0.3 is 0 Å². The average Bonchev–Trinajstić information content (AvgIpc) is 2.25. The summed E-state index contributed by atoms with van der Waals surface area (Å²) in [6.45, 7) is 12.0. The lowest BCUT2D eigenvalue weighted by molar-refractivity contribution is 0.267. The van der Waals surface area contributed by atoms with Gasteiger partial charge in [-0.3, -0.25) is 4.31 Å². The second-order valence-electron chi connectivity index (χ2n) is 6.10. The molecule has 0 saturated carbocycles. The summed E-state index contributed by atoms with van der Waals surface area (Å²) in [4.78, 5) is 0. The molecule has 0 aromatic rings. The van der Waals surface area contributed by atoms with Gasteiger partial charge in [0, 0.05) is 18.3 Å². The second-order valence-corrected chi connectivity index (χ2v) is 7.77. The molecule has 0 aromatic carbocycles. The van der Waals surface area contributed by atoms with E-state index in [4.69, 9.17) is 0 Å². The van der Waals surface area contributed by atoms with Crippen LogP contribution in [0.4, 0.5) is 0 Å². The molecule has 1 rings (SSSR count). The van der Waals surface area contributed by atoms with E-state index in [2.05, 4.69) is 43.9 Å². The van der Waals surface area contributed by atoms with Crippen molar-refractivity contribution in [3.8, 4) is 0 Å². The lowest BCUT2D eigenvalue weighted by Gasteiger charge is -2.31. The molecule has 1 unspecified atom stereocenters. The van der Waals surface area contributed by atoms with E-state index in [0.29, 0.717) is 0 Å². The highest BCUT2D eigenvalue weighted by Gasteiger charge is 2.19. The lowest BCUT2D eigenvalue weighted by Crippen LogP contribution is -2.29. The van der Waals surface area contributed by atoms with Gasteiger partial charge in [-0.1, -0.05) is 65.3 Å². The van der Waals surface area contributed by atoms with Crippen LogP contribution in [0.5, 0.6) is 0 Å². The molecule has 1 heterocycles. The highest BCUT2D eigenvalue weighted by atomic mass is 32.2. The van der Waals surface area contributed by atoms with Crippen molar-refractivity contribution < 1.29 is 0 Å². The SMILES string of the molecule is CC(C)SN1CCCCCCCC(C(C)C)C1. The minimum Gasteiger partial charge on any atom is -0.250 e. The molecule has 0 spiro atoms. The second kappa shape index (κ2) is 8.42. The molecule has 0 aliphatic carbocycles. The van der Waals surface area contributed by atoms with E-state index in [-0.39, 0.29) is 0 Å². The summed E-state index contributed by atoms with van der Waals surface area (Å²) in [6.07, 6.45) is 8.62. The van der Waals surface area contributed by atoms with Gasteiger partial charge in [0.15, 0.2) is 0 Å². The molecule has 0 amide bonds. The molecule has 1 atom stereocenters. The molecule has 0 aromatic heterocycles. The van der Waals surface area contributed by atoms with Crippen LogP contribution in [0.3, 0.4) is 0 Å². The molecular formula is C15H31NS. The largest absolute Gasteiger partial charge is 0.250 e. The number of nitrogens with zero attached hydrogens (tertiary/aromatic N) is 1. The van der Waals surface area contributed by atoms with Crippen molar-refractivity contribution in [1.82, 2.24) is 4.31 Å². The molecule has 1 aliphatic heterocycles. The van der Waals surface area contributed by atoms with Crippen molar-refractivity contribution in [2.75, 3.05) is 13.1 Å². The van der Waals surface area contributed by atoms with Crippen molar-refractivity contribution >= 4 is 11.9 Å². The van der Waals surface area contributed by atoms with Gasteiger partial charge in [-0.05, 0) is 24.7 Å². The van der Waals surface area contributed by atoms with Gasteiger partial charge in [0.25, 0.3) is 0 Å². The summed E-state index contributed by atoms with van der Waals surface area (Å²) in [5.74, 6) is 1.74. The standard InChI is InChI=1S/C15H31NS/c1-13(2)15-10-8-6-5-7-9-11-16(12-15)17-14(3)4/h13-15H,5-12H2,1-4H3. The molecule has 2 heteroatoms. The van der Waals surface area contributed by atoms with Crippen molar-refractivity contribution in [2.45, 2.75) is 71.5 Å². The van der Waals surface area contributed by atoms with Crippen molar-refractivity contribution in [3.05, 3.63) is 0 Å². The monoisotopic (exact) mass is 257 g/mol. The van der Waals surface area contributed by atoms with Crippen LogP contribution in [0.15, 0.2) is 0 Å².